The SMILES string of the molecule is CC.CC.Cc1ccccc1C(=N)O/C(N)=N/C1N=C(c2ccccc2)c2ccccc2NC1=O. The molecule has 0 bridgehead atoms. The van der Waals surface area contributed by atoms with Gasteiger partial charge < -0.3 is 15.8 Å². The lowest BCUT2D eigenvalue weighted by atomic mass is 10.0. The highest BCUT2D eigenvalue weighted by molar-refractivity contribution is 6.19. The molecule has 4 rings (SSSR count). The van der Waals surface area contributed by atoms with Crippen molar-refractivity contribution in [2.24, 2.45) is 15.7 Å². The van der Waals surface area contributed by atoms with Gasteiger partial charge in [0, 0.05) is 16.7 Å². The minimum absolute atomic E-state index is 0.149. The highest BCUT2D eigenvalue weighted by atomic mass is 16.5. The maximum absolute atomic E-state index is 12.8. The lowest BCUT2D eigenvalue weighted by molar-refractivity contribution is -0.117. The molecule has 0 saturated heterocycles. The van der Waals surface area contributed by atoms with Crippen molar-refractivity contribution in [2.45, 2.75) is 40.8 Å². The van der Waals surface area contributed by atoms with Gasteiger partial charge in [0.05, 0.1) is 11.4 Å². The third kappa shape index (κ3) is 6.86. The molecule has 1 amide bonds. The number of amides is 1. The summed E-state index contributed by atoms with van der Waals surface area (Å²) in [7, 11) is 0. The molecule has 1 aliphatic rings. The number of benzodiazepines with no additional fused rings is 1. The van der Waals surface area contributed by atoms with Gasteiger partial charge in [0.1, 0.15) is 0 Å². The molecule has 4 N–H and O–H groups in total. The summed E-state index contributed by atoms with van der Waals surface area (Å²) in [6.45, 7) is 9.87. The van der Waals surface area contributed by atoms with E-state index >= 15 is 0 Å². The molecule has 1 unspecified atom stereocenters. The number of anilines is 1. The molecule has 3 aromatic rings. The number of benzene rings is 3. The Bertz CT molecular complexity index is 1200. The largest absolute Gasteiger partial charge is 0.407 e. The first-order valence-electron chi connectivity index (χ1n) is 11.7. The van der Waals surface area contributed by atoms with E-state index in [9.17, 15) is 4.79 Å². The van der Waals surface area contributed by atoms with E-state index in [0.29, 0.717) is 17.0 Å². The van der Waals surface area contributed by atoms with Gasteiger partial charge in [-0.1, -0.05) is 94.4 Å². The Kier molecular flexibility index (Phi) is 10.4. The summed E-state index contributed by atoms with van der Waals surface area (Å²) < 4.78 is 5.39. The minimum atomic E-state index is -1.16. The van der Waals surface area contributed by atoms with Crippen molar-refractivity contribution in [2.75, 3.05) is 5.32 Å². The van der Waals surface area contributed by atoms with Crippen LogP contribution in [0.5, 0.6) is 0 Å². The third-order valence-corrected chi connectivity index (χ3v) is 4.82. The Morgan fingerprint density at radius 2 is 1.54 bits per heavy atom. The van der Waals surface area contributed by atoms with Crippen LogP contribution in [-0.4, -0.2) is 29.7 Å². The van der Waals surface area contributed by atoms with Crippen molar-refractivity contribution in [1.29, 1.82) is 5.41 Å². The van der Waals surface area contributed by atoms with Crippen LogP contribution in [0.3, 0.4) is 0 Å². The number of rotatable bonds is 3. The minimum Gasteiger partial charge on any atom is -0.407 e. The molecule has 3 aromatic carbocycles. The quantitative estimate of drug-likeness (QED) is 0.345. The smallest absolute Gasteiger partial charge is 0.291 e. The van der Waals surface area contributed by atoms with E-state index in [1.54, 1.807) is 12.1 Å². The number of nitrogens with zero attached hydrogens (tertiary/aromatic N) is 2. The number of hydrogen-bond acceptors (Lipinski definition) is 5. The van der Waals surface area contributed by atoms with Gasteiger partial charge >= 0.3 is 0 Å². The normalized spacial score (nSPS) is 14.4. The number of carbonyl (C=O) groups is 1. The number of aryl methyl sites for hydroxylation is 1. The standard InChI is InChI=1S/C24H21N5O2.2C2H6/c1-15-9-5-6-12-17(15)21(25)31-24(26)29-22-23(30)27-19-14-8-7-13-18(19)20(28-22)16-10-3-2-4-11-16;2*1-2/h2-14,22,25H,1H3,(H2,26,29)(H,27,30);2*1-2H3. The predicted molar refractivity (Wildman–Crippen MR) is 144 cm³/mol. The molecule has 1 aliphatic heterocycles. The van der Waals surface area contributed by atoms with E-state index in [-0.39, 0.29) is 11.9 Å². The Balaban J connectivity index is 0.00000103. The first-order valence-corrected chi connectivity index (χ1v) is 11.7. The number of nitrogens with one attached hydrogen (secondary N) is 2. The van der Waals surface area contributed by atoms with Crippen LogP contribution in [0.15, 0.2) is 88.8 Å². The van der Waals surface area contributed by atoms with Crippen molar-refractivity contribution in [3.63, 3.8) is 0 Å². The molecule has 0 aromatic heterocycles. The first-order chi connectivity index (χ1) is 17.0. The second kappa shape index (κ2) is 13.4. The summed E-state index contributed by atoms with van der Waals surface area (Å²) in [6, 6.07) is 24.0. The predicted octanol–water partition coefficient (Wildman–Crippen LogP) is 5.52. The van der Waals surface area contributed by atoms with Crippen molar-refractivity contribution in [3.8, 4) is 0 Å². The maximum Gasteiger partial charge on any atom is 0.291 e. The molecule has 1 atom stereocenters. The average molecular weight is 472 g/mol. The molecule has 7 heteroatoms. The summed E-state index contributed by atoms with van der Waals surface area (Å²) >= 11 is 0. The lowest BCUT2D eigenvalue weighted by Crippen LogP contribution is -2.29. The lowest BCUT2D eigenvalue weighted by Gasteiger charge is -2.11. The molecule has 0 radical (unpaired) electrons. The van der Waals surface area contributed by atoms with Crippen molar-refractivity contribution >= 4 is 29.2 Å². The van der Waals surface area contributed by atoms with E-state index in [1.807, 2.05) is 101 Å². The fraction of sp³-hybridized carbons (Fsp3) is 0.214. The molecular weight excluding hydrogens is 438 g/mol. The zero-order valence-electron chi connectivity index (χ0n) is 20.9. The van der Waals surface area contributed by atoms with E-state index in [1.165, 1.54) is 0 Å². The number of carbonyl (C=O) groups excluding carboxylic acids is 1. The average Bonchev–Trinajstić information content (AvgIpc) is 3.03. The van der Waals surface area contributed by atoms with Gasteiger partial charge in [0.25, 0.3) is 11.9 Å². The molecule has 35 heavy (non-hydrogen) atoms. The number of ether oxygens (including phenoxy) is 1. The molecule has 0 fully saturated rings. The van der Waals surface area contributed by atoms with Crippen LogP contribution in [0.4, 0.5) is 5.69 Å². The number of para-hydroxylation sites is 1. The van der Waals surface area contributed by atoms with Gasteiger partial charge in [-0.2, -0.15) is 4.99 Å². The molecule has 0 saturated carbocycles. The highest BCUT2D eigenvalue weighted by Gasteiger charge is 2.26. The fourth-order valence-corrected chi connectivity index (χ4v) is 3.29. The number of hydrogen-bond donors (Lipinski definition) is 3. The number of amidine groups is 1. The number of aliphatic imine (C=N–C) groups is 2. The van der Waals surface area contributed by atoms with E-state index < -0.39 is 12.1 Å². The van der Waals surface area contributed by atoms with Crippen LogP contribution in [0.2, 0.25) is 0 Å². The van der Waals surface area contributed by atoms with E-state index in [4.69, 9.17) is 15.9 Å². The van der Waals surface area contributed by atoms with Crippen LogP contribution in [0.25, 0.3) is 0 Å². The van der Waals surface area contributed by atoms with Crippen molar-refractivity contribution < 1.29 is 9.53 Å². The van der Waals surface area contributed by atoms with Gasteiger partial charge in [-0.25, -0.2) is 4.99 Å². The van der Waals surface area contributed by atoms with Gasteiger partial charge in [0.15, 0.2) is 0 Å². The summed E-state index contributed by atoms with van der Waals surface area (Å²) in [6.07, 6.45) is -1.16. The summed E-state index contributed by atoms with van der Waals surface area (Å²) in [4.78, 5) is 21.6. The molecular formula is C28H33N5O2. The summed E-state index contributed by atoms with van der Waals surface area (Å²) in [5.74, 6) is -0.587. The van der Waals surface area contributed by atoms with Gasteiger partial charge in [-0.3, -0.25) is 10.2 Å². The first kappa shape index (κ1) is 27.0. The Hall–Kier alpha value is -4.26. The molecule has 182 valence electrons. The Morgan fingerprint density at radius 3 is 2.23 bits per heavy atom. The number of nitrogens with two attached hydrogens (primary N) is 1. The maximum atomic E-state index is 12.8. The number of fused-ring (bicyclic) bond motifs is 1. The second-order valence-electron chi connectivity index (χ2n) is 6.97. The Labute approximate surface area is 207 Å². The zero-order valence-corrected chi connectivity index (χ0v) is 20.9. The van der Waals surface area contributed by atoms with Crippen molar-refractivity contribution in [1.82, 2.24) is 0 Å². The van der Waals surface area contributed by atoms with Crippen LogP contribution >= 0.6 is 0 Å². The van der Waals surface area contributed by atoms with Crippen LogP contribution in [0.1, 0.15) is 49.9 Å². The highest BCUT2D eigenvalue weighted by Crippen LogP contribution is 2.24. The zero-order chi connectivity index (χ0) is 25.8. The van der Waals surface area contributed by atoms with E-state index in [2.05, 4.69) is 15.3 Å². The van der Waals surface area contributed by atoms with Crippen LogP contribution < -0.4 is 11.1 Å². The second-order valence-corrected chi connectivity index (χ2v) is 6.97. The van der Waals surface area contributed by atoms with Gasteiger partial charge in [-0.05, 0) is 24.6 Å². The van der Waals surface area contributed by atoms with Crippen LogP contribution in [-0.2, 0) is 9.53 Å². The van der Waals surface area contributed by atoms with Gasteiger partial charge in [-0.15, -0.1) is 0 Å². The van der Waals surface area contributed by atoms with Crippen molar-refractivity contribution in [3.05, 3.63) is 101 Å². The van der Waals surface area contributed by atoms with Gasteiger partial charge in [0.2, 0.25) is 12.1 Å². The Morgan fingerprint density at radius 1 is 0.943 bits per heavy atom. The summed E-state index contributed by atoms with van der Waals surface area (Å²) in [5.41, 5.74) is 10.3. The third-order valence-electron chi connectivity index (χ3n) is 4.82. The summed E-state index contributed by atoms with van der Waals surface area (Å²) in [5, 5.41) is 11.0. The molecule has 0 aliphatic carbocycles. The monoisotopic (exact) mass is 471 g/mol. The van der Waals surface area contributed by atoms with Crippen LogP contribution in [0, 0.1) is 12.3 Å². The molecule has 7 nitrogen and oxygen atoms in total. The van der Waals surface area contributed by atoms with E-state index in [0.717, 1.165) is 16.7 Å². The topological polar surface area (TPSA) is 113 Å². The molecule has 0 spiro atoms. The molecule has 1 heterocycles. The fourth-order valence-electron chi connectivity index (χ4n) is 3.29.